The predicted molar refractivity (Wildman–Crippen MR) is 79.9 cm³/mol. The van der Waals surface area contributed by atoms with Crippen molar-refractivity contribution in [2.45, 2.75) is 19.8 Å². The molecule has 0 atom stereocenters. The quantitative estimate of drug-likeness (QED) is 0.786. The summed E-state index contributed by atoms with van der Waals surface area (Å²) in [7, 11) is 1.67. The van der Waals surface area contributed by atoms with E-state index in [0.717, 1.165) is 46.6 Å². The van der Waals surface area contributed by atoms with Crippen molar-refractivity contribution in [3.63, 3.8) is 0 Å². The summed E-state index contributed by atoms with van der Waals surface area (Å²) in [5.41, 5.74) is 3.00. The van der Waals surface area contributed by atoms with Crippen LogP contribution in [0.5, 0.6) is 5.75 Å². The third-order valence-corrected chi connectivity index (χ3v) is 3.36. The third kappa shape index (κ3) is 2.13. The van der Waals surface area contributed by atoms with Crippen LogP contribution in [0.3, 0.4) is 0 Å². The molecular formula is C16H17N3O. The first-order valence-corrected chi connectivity index (χ1v) is 6.79. The van der Waals surface area contributed by atoms with Crippen LogP contribution in [-0.4, -0.2) is 22.1 Å². The average Bonchev–Trinajstić information content (AvgIpc) is 2.95. The van der Waals surface area contributed by atoms with Crippen molar-refractivity contribution in [3.05, 3.63) is 42.5 Å². The molecule has 1 aromatic carbocycles. The fourth-order valence-electron chi connectivity index (χ4n) is 2.41. The van der Waals surface area contributed by atoms with Gasteiger partial charge in [0, 0.05) is 23.6 Å². The number of ether oxygens (including phenoxy) is 1. The van der Waals surface area contributed by atoms with E-state index in [4.69, 9.17) is 4.74 Å². The number of hydrogen-bond acceptors (Lipinski definition) is 3. The Kier molecular flexibility index (Phi) is 3.37. The summed E-state index contributed by atoms with van der Waals surface area (Å²) in [5, 5.41) is 1.07. The molecule has 0 unspecified atom stereocenters. The topological polar surface area (TPSA) is 50.8 Å². The molecule has 3 rings (SSSR count). The van der Waals surface area contributed by atoms with Gasteiger partial charge in [0.2, 0.25) is 0 Å². The monoisotopic (exact) mass is 267 g/mol. The smallest absolute Gasteiger partial charge is 0.145 e. The van der Waals surface area contributed by atoms with Crippen LogP contribution in [0.25, 0.3) is 22.2 Å². The standard InChI is InChI=1S/C16H17N3O/c1-3-5-15-18-10-13(19-15)11-7-8-14(20-2)16-12(11)6-4-9-17-16/h4,6-10H,3,5H2,1-2H3,(H,18,19). The maximum Gasteiger partial charge on any atom is 0.145 e. The SMILES string of the molecule is CCCc1ncc(-c2ccc(OC)c3ncccc23)[nH]1. The molecule has 0 aliphatic rings. The number of aromatic amines is 1. The van der Waals surface area contributed by atoms with E-state index in [-0.39, 0.29) is 0 Å². The van der Waals surface area contributed by atoms with E-state index in [0.29, 0.717) is 0 Å². The Hall–Kier alpha value is -2.36. The Bertz CT molecular complexity index is 733. The molecule has 4 nitrogen and oxygen atoms in total. The van der Waals surface area contributed by atoms with Gasteiger partial charge in [0.1, 0.15) is 17.1 Å². The Morgan fingerprint density at radius 2 is 2.10 bits per heavy atom. The highest BCUT2D eigenvalue weighted by Gasteiger charge is 2.10. The summed E-state index contributed by atoms with van der Waals surface area (Å²) in [6, 6.07) is 7.99. The fraction of sp³-hybridized carbons (Fsp3) is 0.250. The fourth-order valence-corrected chi connectivity index (χ4v) is 2.41. The summed E-state index contributed by atoms with van der Waals surface area (Å²) in [4.78, 5) is 12.2. The molecule has 20 heavy (non-hydrogen) atoms. The number of nitrogens with zero attached hydrogens (tertiary/aromatic N) is 2. The molecule has 1 N–H and O–H groups in total. The van der Waals surface area contributed by atoms with Crippen LogP contribution in [0.1, 0.15) is 19.2 Å². The number of imidazole rings is 1. The lowest BCUT2D eigenvalue weighted by Crippen LogP contribution is -1.90. The van der Waals surface area contributed by atoms with Crippen LogP contribution in [0.2, 0.25) is 0 Å². The molecule has 3 aromatic rings. The number of aryl methyl sites for hydroxylation is 1. The molecular weight excluding hydrogens is 250 g/mol. The predicted octanol–water partition coefficient (Wildman–Crippen LogP) is 3.59. The normalized spacial score (nSPS) is 10.9. The number of fused-ring (bicyclic) bond motifs is 1. The highest BCUT2D eigenvalue weighted by molar-refractivity contribution is 5.96. The molecule has 4 heteroatoms. The van der Waals surface area contributed by atoms with E-state index < -0.39 is 0 Å². The number of rotatable bonds is 4. The number of H-pyrrole nitrogens is 1. The van der Waals surface area contributed by atoms with Crippen molar-refractivity contribution in [1.29, 1.82) is 0 Å². The zero-order valence-electron chi connectivity index (χ0n) is 11.7. The zero-order chi connectivity index (χ0) is 13.9. The van der Waals surface area contributed by atoms with E-state index in [2.05, 4.69) is 27.9 Å². The largest absolute Gasteiger partial charge is 0.494 e. The molecule has 0 amide bonds. The Labute approximate surface area is 117 Å². The first kappa shape index (κ1) is 12.7. The first-order valence-electron chi connectivity index (χ1n) is 6.79. The average molecular weight is 267 g/mol. The van der Waals surface area contributed by atoms with Gasteiger partial charge in [-0.15, -0.1) is 0 Å². The lowest BCUT2D eigenvalue weighted by Gasteiger charge is -2.08. The highest BCUT2D eigenvalue weighted by atomic mass is 16.5. The summed E-state index contributed by atoms with van der Waals surface area (Å²) < 4.78 is 5.37. The summed E-state index contributed by atoms with van der Waals surface area (Å²) in [6.45, 7) is 2.15. The van der Waals surface area contributed by atoms with Gasteiger partial charge < -0.3 is 9.72 Å². The van der Waals surface area contributed by atoms with Crippen molar-refractivity contribution in [2.24, 2.45) is 0 Å². The summed E-state index contributed by atoms with van der Waals surface area (Å²) in [6.07, 6.45) is 5.72. The van der Waals surface area contributed by atoms with Gasteiger partial charge in [-0.05, 0) is 24.6 Å². The van der Waals surface area contributed by atoms with Crippen LogP contribution in [-0.2, 0) is 6.42 Å². The second-order valence-corrected chi connectivity index (χ2v) is 4.71. The Morgan fingerprint density at radius 1 is 1.20 bits per heavy atom. The third-order valence-electron chi connectivity index (χ3n) is 3.36. The van der Waals surface area contributed by atoms with Gasteiger partial charge in [0.25, 0.3) is 0 Å². The first-order chi connectivity index (χ1) is 9.83. The Morgan fingerprint density at radius 3 is 2.90 bits per heavy atom. The van der Waals surface area contributed by atoms with Crippen molar-refractivity contribution in [2.75, 3.05) is 7.11 Å². The molecule has 0 bridgehead atoms. The molecule has 0 fully saturated rings. The van der Waals surface area contributed by atoms with Crippen molar-refractivity contribution in [3.8, 4) is 17.0 Å². The number of nitrogens with one attached hydrogen (secondary N) is 1. The summed E-state index contributed by atoms with van der Waals surface area (Å²) >= 11 is 0. The minimum absolute atomic E-state index is 0.789. The molecule has 2 aromatic heterocycles. The lowest BCUT2D eigenvalue weighted by atomic mass is 10.1. The van der Waals surface area contributed by atoms with Crippen molar-refractivity contribution >= 4 is 10.9 Å². The molecule has 0 spiro atoms. The molecule has 0 aliphatic carbocycles. The maximum atomic E-state index is 5.37. The Balaban J connectivity index is 2.15. The van der Waals surface area contributed by atoms with Crippen LogP contribution < -0.4 is 4.74 Å². The van der Waals surface area contributed by atoms with Gasteiger partial charge in [-0.25, -0.2) is 4.98 Å². The second kappa shape index (κ2) is 5.33. The second-order valence-electron chi connectivity index (χ2n) is 4.71. The number of hydrogen-bond donors (Lipinski definition) is 1. The van der Waals surface area contributed by atoms with Gasteiger partial charge in [-0.3, -0.25) is 4.98 Å². The van der Waals surface area contributed by atoms with Crippen LogP contribution in [0.4, 0.5) is 0 Å². The van der Waals surface area contributed by atoms with Gasteiger partial charge in [-0.2, -0.15) is 0 Å². The van der Waals surface area contributed by atoms with Crippen LogP contribution in [0.15, 0.2) is 36.7 Å². The molecule has 0 saturated heterocycles. The van der Waals surface area contributed by atoms with E-state index >= 15 is 0 Å². The van der Waals surface area contributed by atoms with Gasteiger partial charge in [0.15, 0.2) is 0 Å². The number of methoxy groups -OCH3 is 1. The number of benzene rings is 1. The lowest BCUT2D eigenvalue weighted by molar-refractivity contribution is 0.419. The zero-order valence-corrected chi connectivity index (χ0v) is 11.7. The summed E-state index contributed by atoms with van der Waals surface area (Å²) in [5.74, 6) is 1.81. The van der Waals surface area contributed by atoms with Crippen molar-refractivity contribution in [1.82, 2.24) is 15.0 Å². The molecule has 0 radical (unpaired) electrons. The van der Waals surface area contributed by atoms with Gasteiger partial charge >= 0.3 is 0 Å². The van der Waals surface area contributed by atoms with E-state index in [9.17, 15) is 0 Å². The van der Waals surface area contributed by atoms with E-state index in [1.807, 2.05) is 24.4 Å². The molecule has 0 saturated carbocycles. The van der Waals surface area contributed by atoms with Crippen LogP contribution in [0, 0.1) is 0 Å². The van der Waals surface area contributed by atoms with E-state index in [1.54, 1.807) is 13.3 Å². The minimum atomic E-state index is 0.789. The molecule has 2 heterocycles. The minimum Gasteiger partial charge on any atom is -0.494 e. The number of pyridine rings is 1. The van der Waals surface area contributed by atoms with Gasteiger partial charge in [0.05, 0.1) is 19.0 Å². The van der Waals surface area contributed by atoms with Crippen LogP contribution >= 0.6 is 0 Å². The molecule has 102 valence electrons. The van der Waals surface area contributed by atoms with Crippen molar-refractivity contribution < 1.29 is 4.74 Å². The number of aromatic nitrogens is 3. The molecule has 0 aliphatic heterocycles. The highest BCUT2D eigenvalue weighted by Crippen LogP contribution is 2.32. The van der Waals surface area contributed by atoms with E-state index in [1.165, 1.54) is 0 Å². The van der Waals surface area contributed by atoms with Gasteiger partial charge in [-0.1, -0.05) is 13.0 Å². The maximum absolute atomic E-state index is 5.37.